The molecule has 9 nitrogen and oxygen atoms in total. The lowest BCUT2D eigenvalue weighted by atomic mass is 10.1. The van der Waals surface area contributed by atoms with Crippen LogP contribution >= 0.6 is 11.3 Å². The van der Waals surface area contributed by atoms with Crippen molar-refractivity contribution in [2.75, 3.05) is 66.1 Å². The third-order valence-electron chi connectivity index (χ3n) is 9.14. The second kappa shape index (κ2) is 14.4. The van der Waals surface area contributed by atoms with E-state index in [9.17, 15) is 9.18 Å². The van der Waals surface area contributed by atoms with Gasteiger partial charge in [0.15, 0.2) is 11.5 Å². The molecule has 1 amide bonds. The summed E-state index contributed by atoms with van der Waals surface area (Å²) in [6, 6.07) is 16.4. The van der Waals surface area contributed by atoms with Gasteiger partial charge in [-0.2, -0.15) is 0 Å². The van der Waals surface area contributed by atoms with Crippen molar-refractivity contribution in [3.63, 3.8) is 0 Å². The van der Waals surface area contributed by atoms with Gasteiger partial charge in [-0.05, 0) is 74.2 Å². The lowest BCUT2D eigenvalue weighted by molar-refractivity contribution is 0.0774. The number of thiazole rings is 1. The van der Waals surface area contributed by atoms with Crippen LogP contribution in [-0.4, -0.2) is 104 Å². The fourth-order valence-corrected chi connectivity index (χ4v) is 7.52. The molecule has 3 aliphatic heterocycles. The topological polar surface area (TPSA) is 79.7 Å². The summed E-state index contributed by atoms with van der Waals surface area (Å²) >= 11 is 1.49. The summed E-state index contributed by atoms with van der Waals surface area (Å²) in [6.07, 6.45) is 5.74. The fourth-order valence-electron chi connectivity index (χ4n) is 6.52. The smallest absolute Gasteiger partial charge is 0.256 e. The molecule has 47 heavy (non-hydrogen) atoms. The molecule has 0 spiro atoms. The first-order valence-electron chi connectivity index (χ1n) is 16.5. The van der Waals surface area contributed by atoms with E-state index in [4.69, 9.17) is 14.2 Å². The Morgan fingerprint density at radius 1 is 0.894 bits per heavy atom. The van der Waals surface area contributed by atoms with Gasteiger partial charge in [-0.25, -0.2) is 9.37 Å². The Morgan fingerprint density at radius 2 is 1.64 bits per heavy atom. The number of carbonyl (C=O) groups is 1. The fraction of sp³-hybridized carbons (Fsp3) is 0.417. The highest BCUT2D eigenvalue weighted by atomic mass is 32.1. The van der Waals surface area contributed by atoms with Gasteiger partial charge in [0.1, 0.15) is 16.6 Å². The van der Waals surface area contributed by atoms with E-state index < -0.39 is 0 Å². The highest BCUT2D eigenvalue weighted by Gasteiger charge is 2.32. The molecule has 1 atom stereocenters. The van der Waals surface area contributed by atoms with Crippen LogP contribution in [0.3, 0.4) is 0 Å². The SMILES string of the molecule is COc1cc2c(cc1OCCCN1CCN(CCCOc3ccc(-c4nc5ccc(F)cc5s4)cc3)CC1)N=C[C@@H]1CCCN1C2=O. The van der Waals surface area contributed by atoms with Crippen molar-refractivity contribution in [2.24, 2.45) is 4.99 Å². The van der Waals surface area contributed by atoms with Crippen molar-refractivity contribution in [1.82, 2.24) is 19.7 Å². The second-order valence-electron chi connectivity index (χ2n) is 12.2. The molecule has 0 unspecified atom stereocenters. The zero-order valence-electron chi connectivity index (χ0n) is 26.7. The summed E-state index contributed by atoms with van der Waals surface area (Å²) in [5.74, 6) is 1.83. The van der Waals surface area contributed by atoms with Gasteiger partial charge >= 0.3 is 0 Å². The number of benzene rings is 3. The molecule has 4 aromatic rings. The first-order chi connectivity index (χ1) is 23.0. The van der Waals surface area contributed by atoms with Crippen LogP contribution in [0.25, 0.3) is 20.8 Å². The summed E-state index contributed by atoms with van der Waals surface area (Å²) in [6.45, 7) is 8.17. The lowest BCUT2D eigenvalue weighted by Crippen LogP contribution is -2.47. The van der Waals surface area contributed by atoms with Crippen molar-refractivity contribution >= 4 is 39.4 Å². The molecule has 0 radical (unpaired) electrons. The molecule has 2 fully saturated rings. The van der Waals surface area contributed by atoms with Gasteiger partial charge in [-0.1, -0.05) is 0 Å². The molecule has 7 rings (SSSR count). The number of amides is 1. The monoisotopic (exact) mass is 657 g/mol. The minimum atomic E-state index is -0.240. The van der Waals surface area contributed by atoms with Crippen molar-refractivity contribution < 1.29 is 23.4 Å². The summed E-state index contributed by atoms with van der Waals surface area (Å²) in [4.78, 5) is 29.3. The quantitative estimate of drug-likeness (QED) is 0.166. The number of carbonyl (C=O) groups excluding carboxylic acids is 1. The molecule has 3 aliphatic rings. The highest BCUT2D eigenvalue weighted by molar-refractivity contribution is 7.21. The Hall–Kier alpha value is -4.06. The minimum Gasteiger partial charge on any atom is -0.494 e. The zero-order valence-corrected chi connectivity index (χ0v) is 27.5. The predicted molar refractivity (Wildman–Crippen MR) is 183 cm³/mol. The summed E-state index contributed by atoms with van der Waals surface area (Å²) in [7, 11) is 1.61. The maximum Gasteiger partial charge on any atom is 0.256 e. The third kappa shape index (κ3) is 7.27. The summed E-state index contributed by atoms with van der Waals surface area (Å²) in [5.41, 5.74) is 3.05. The van der Waals surface area contributed by atoms with E-state index in [1.165, 1.54) is 23.5 Å². The minimum absolute atomic E-state index is 0.0180. The first kappa shape index (κ1) is 31.5. The van der Waals surface area contributed by atoms with E-state index in [2.05, 4.69) is 19.8 Å². The number of halogens is 1. The Morgan fingerprint density at radius 3 is 2.38 bits per heavy atom. The van der Waals surface area contributed by atoms with Crippen molar-refractivity contribution in [3.8, 4) is 27.8 Å². The average molecular weight is 658 g/mol. The van der Waals surface area contributed by atoms with E-state index in [0.29, 0.717) is 36.0 Å². The maximum atomic E-state index is 13.5. The van der Waals surface area contributed by atoms with Crippen molar-refractivity contribution in [2.45, 2.75) is 31.7 Å². The van der Waals surface area contributed by atoms with E-state index in [-0.39, 0.29) is 17.8 Å². The summed E-state index contributed by atoms with van der Waals surface area (Å²) < 4.78 is 32.1. The molecular weight excluding hydrogens is 617 g/mol. The van der Waals surface area contributed by atoms with Crippen LogP contribution in [0.15, 0.2) is 59.6 Å². The standard InChI is InChI=1S/C36H40FN5O4S/c1-44-32-22-29-31(38-24-27-5-2-14-42(27)36(29)43)23-33(32)46-20-4-13-41-17-15-40(16-18-41)12-3-19-45-28-9-6-25(7-10-28)35-39-30-11-8-26(37)21-34(30)47-35/h6-11,21-24,27H,2-5,12-20H2,1H3/t27-/m0/s1. The molecule has 11 heteroatoms. The van der Waals surface area contributed by atoms with Gasteiger partial charge in [0, 0.05) is 63.7 Å². The molecule has 1 aromatic heterocycles. The van der Waals surface area contributed by atoms with Gasteiger partial charge in [-0.3, -0.25) is 9.79 Å². The Kier molecular flexibility index (Phi) is 9.64. The van der Waals surface area contributed by atoms with Gasteiger partial charge in [0.05, 0.1) is 47.8 Å². The van der Waals surface area contributed by atoms with Gasteiger partial charge in [0.25, 0.3) is 5.91 Å². The molecular formula is C36H40FN5O4S. The van der Waals surface area contributed by atoms with Gasteiger partial charge in [0.2, 0.25) is 0 Å². The van der Waals surface area contributed by atoms with Gasteiger partial charge in [-0.15, -0.1) is 11.3 Å². The predicted octanol–water partition coefficient (Wildman–Crippen LogP) is 6.29. The Labute approximate surface area is 278 Å². The van der Waals surface area contributed by atoms with Crippen LogP contribution in [0.1, 0.15) is 36.0 Å². The van der Waals surface area contributed by atoms with E-state index in [1.54, 1.807) is 19.2 Å². The number of nitrogens with zero attached hydrogens (tertiary/aromatic N) is 5. The number of methoxy groups -OCH3 is 1. The van der Waals surface area contributed by atoms with E-state index >= 15 is 0 Å². The third-order valence-corrected chi connectivity index (χ3v) is 10.2. The number of hydrogen-bond acceptors (Lipinski definition) is 9. The van der Waals surface area contributed by atoms with Crippen LogP contribution in [0.4, 0.5) is 10.1 Å². The van der Waals surface area contributed by atoms with Crippen molar-refractivity contribution in [1.29, 1.82) is 0 Å². The number of hydrogen-bond donors (Lipinski definition) is 0. The molecule has 3 aromatic carbocycles. The van der Waals surface area contributed by atoms with Crippen LogP contribution in [0.5, 0.6) is 17.2 Å². The first-order valence-corrected chi connectivity index (χ1v) is 17.3. The molecule has 0 bridgehead atoms. The number of aliphatic imine (C=N–C) groups is 1. The number of piperazine rings is 1. The number of rotatable bonds is 12. The van der Waals surface area contributed by atoms with E-state index in [1.807, 2.05) is 41.4 Å². The Bertz CT molecular complexity index is 1740. The largest absolute Gasteiger partial charge is 0.494 e. The highest BCUT2D eigenvalue weighted by Crippen LogP contribution is 2.38. The molecule has 0 aliphatic carbocycles. The van der Waals surface area contributed by atoms with Crippen LogP contribution < -0.4 is 14.2 Å². The molecule has 2 saturated heterocycles. The zero-order chi connectivity index (χ0) is 32.2. The maximum absolute atomic E-state index is 13.5. The Balaban J connectivity index is 0.800. The molecule has 0 saturated carbocycles. The summed E-state index contributed by atoms with van der Waals surface area (Å²) in [5, 5.41) is 0.878. The molecule has 4 heterocycles. The van der Waals surface area contributed by atoms with Crippen LogP contribution in [-0.2, 0) is 0 Å². The van der Waals surface area contributed by atoms with Crippen LogP contribution in [0.2, 0.25) is 0 Å². The van der Waals surface area contributed by atoms with E-state index in [0.717, 1.165) is 98.0 Å². The number of ether oxygens (including phenoxy) is 3. The number of fused-ring (bicyclic) bond motifs is 3. The molecule has 0 N–H and O–H groups in total. The second-order valence-corrected chi connectivity index (χ2v) is 13.3. The molecule has 246 valence electrons. The van der Waals surface area contributed by atoms with Crippen molar-refractivity contribution in [3.05, 3.63) is 66.0 Å². The number of aromatic nitrogens is 1. The average Bonchev–Trinajstić information content (AvgIpc) is 3.72. The normalized spacial score (nSPS) is 18.3. The lowest BCUT2D eigenvalue weighted by Gasteiger charge is -2.34. The van der Waals surface area contributed by atoms with Crippen LogP contribution in [0, 0.1) is 5.82 Å². The van der Waals surface area contributed by atoms with Gasteiger partial charge < -0.3 is 28.9 Å².